The van der Waals surface area contributed by atoms with Crippen LogP contribution >= 0.6 is 0 Å². The van der Waals surface area contributed by atoms with E-state index in [0.29, 0.717) is 17.0 Å². The highest BCUT2D eigenvalue weighted by Crippen LogP contribution is 2.32. The molecule has 4 atom stereocenters. The maximum absolute atomic E-state index is 10.3. The number of hydrogen-bond donors (Lipinski definition) is 2. The van der Waals surface area contributed by atoms with Crippen LogP contribution in [0.15, 0.2) is 12.7 Å². The summed E-state index contributed by atoms with van der Waals surface area (Å²) in [6, 6.07) is 0.245. The summed E-state index contributed by atoms with van der Waals surface area (Å²) in [7, 11) is 3.45. The first-order valence-electron chi connectivity index (χ1n) is 7.86. The largest absolute Gasteiger partial charge is 0.387 e. The Hall–Kier alpha value is -1.81. The van der Waals surface area contributed by atoms with Gasteiger partial charge in [-0.2, -0.15) is 0 Å². The molecular formula is C15H23N5O4. The lowest BCUT2D eigenvalue weighted by molar-refractivity contribution is -0.0580. The van der Waals surface area contributed by atoms with Crippen molar-refractivity contribution in [3.05, 3.63) is 12.7 Å². The second kappa shape index (κ2) is 6.60. The predicted molar refractivity (Wildman–Crippen MR) is 86.7 cm³/mol. The third kappa shape index (κ3) is 2.73. The number of rotatable bonds is 5. The van der Waals surface area contributed by atoms with Crippen molar-refractivity contribution in [1.82, 2.24) is 19.5 Å². The molecule has 0 saturated carbocycles. The summed E-state index contributed by atoms with van der Waals surface area (Å²) in [6.45, 7) is 4.30. The van der Waals surface area contributed by atoms with Gasteiger partial charge in [-0.05, 0) is 13.8 Å². The molecule has 24 heavy (non-hydrogen) atoms. The van der Waals surface area contributed by atoms with Crippen molar-refractivity contribution < 1.29 is 19.7 Å². The molecule has 1 aliphatic heterocycles. The number of hydrogen-bond acceptors (Lipinski definition) is 8. The highest BCUT2D eigenvalue weighted by Gasteiger charge is 2.44. The Morgan fingerprint density at radius 1 is 1.29 bits per heavy atom. The Kier molecular flexibility index (Phi) is 4.68. The van der Waals surface area contributed by atoms with Crippen molar-refractivity contribution in [2.45, 2.75) is 44.4 Å². The quantitative estimate of drug-likeness (QED) is 0.781. The molecule has 9 nitrogen and oxygen atoms in total. The molecule has 0 spiro atoms. The maximum Gasteiger partial charge on any atom is 0.167 e. The lowest BCUT2D eigenvalue weighted by atomic mass is 10.1. The zero-order valence-electron chi connectivity index (χ0n) is 14.2. The Balaban J connectivity index is 1.98. The number of imidazole rings is 1. The van der Waals surface area contributed by atoms with Gasteiger partial charge in [0.15, 0.2) is 23.2 Å². The molecule has 3 rings (SSSR count). The third-order valence-corrected chi connectivity index (χ3v) is 4.39. The highest BCUT2D eigenvalue weighted by molar-refractivity contribution is 5.83. The molecule has 0 bridgehead atoms. The minimum Gasteiger partial charge on any atom is -0.387 e. The van der Waals surface area contributed by atoms with Crippen LogP contribution in [0.2, 0.25) is 0 Å². The van der Waals surface area contributed by atoms with Crippen molar-refractivity contribution in [3.8, 4) is 0 Å². The average molecular weight is 337 g/mol. The van der Waals surface area contributed by atoms with Crippen LogP contribution in [0.1, 0.15) is 20.1 Å². The monoisotopic (exact) mass is 337 g/mol. The first-order valence-corrected chi connectivity index (χ1v) is 7.86. The number of ether oxygens (including phenoxy) is 2. The van der Waals surface area contributed by atoms with Crippen LogP contribution in [0.3, 0.4) is 0 Å². The van der Waals surface area contributed by atoms with Crippen LogP contribution in [0, 0.1) is 0 Å². The molecule has 2 N–H and O–H groups in total. The van der Waals surface area contributed by atoms with Gasteiger partial charge in [0, 0.05) is 20.2 Å². The molecule has 1 fully saturated rings. The summed E-state index contributed by atoms with van der Waals surface area (Å²) in [5.41, 5.74) is 1.16. The number of aromatic nitrogens is 4. The van der Waals surface area contributed by atoms with E-state index < -0.39 is 24.5 Å². The molecule has 9 heteroatoms. The third-order valence-electron chi connectivity index (χ3n) is 4.39. The maximum atomic E-state index is 10.3. The van der Waals surface area contributed by atoms with Gasteiger partial charge in [0.05, 0.1) is 12.9 Å². The number of aliphatic hydroxyl groups excluding tert-OH is 2. The lowest BCUT2D eigenvalue weighted by Crippen LogP contribution is -2.33. The van der Waals surface area contributed by atoms with Crippen molar-refractivity contribution in [3.63, 3.8) is 0 Å². The van der Waals surface area contributed by atoms with Crippen LogP contribution in [0.4, 0.5) is 5.82 Å². The van der Waals surface area contributed by atoms with Crippen LogP contribution in [0.25, 0.3) is 11.2 Å². The Bertz CT molecular complexity index is 706. The molecule has 1 aliphatic rings. The van der Waals surface area contributed by atoms with E-state index >= 15 is 0 Å². The van der Waals surface area contributed by atoms with Crippen molar-refractivity contribution in [1.29, 1.82) is 0 Å². The van der Waals surface area contributed by atoms with E-state index in [1.807, 2.05) is 11.9 Å². The van der Waals surface area contributed by atoms with Crippen molar-refractivity contribution in [2.75, 3.05) is 25.7 Å². The van der Waals surface area contributed by atoms with Crippen molar-refractivity contribution >= 4 is 17.0 Å². The number of anilines is 1. The van der Waals surface area contributed by atoms with E-state index in [2.05, 4.69) is 28.8 Å². The second-order valence-electron chi connectivity index (χ2n) is 6.23. The van der Waals surface area contributed by atoms with Crippen LogP contribution in [0.5, 0.6) is 0 Å². The molecule has 0 amide bonds. The van der Waals surface area contributed by atoms with Crippen LogP contribution in [-0.2, 0) is 9.47 Å². The lowest BCUT2D eigenvalue weighted by Gasteiger charge is -2.22. The van der Waals surface area contributed by atoms with Gasteiger partial charge in [0.1, 0.15) is 24.6 Å². The van der Waals surface area contributed by atoms with Gasteiger partial charge in [-0.15, -0.1) is 0 Å². The summed E-state index contributed by atoms with van der Waals surface area (Å²) in [5.74, 6) is 0.704. The van der Waals surface area contributed by atoms with Crippen LogP contribution < -0.4 is 4.90 Å². The van der Waals surface area contributed by atoms with E-state index in [4.69, 9.17) is 9.47 Å². The molecular weight excluding hydrogens is 314 g/mol. The minimum absolute atomic E-state index is 0.192. The Labute approximate surface area is 139 Å². The molecule has 0 aliphatic carbocycles. The standard InChI is InChI=1S/C15H23N5O4/c1-8(2)19(3)13-10-14(17-6-16-13)20(7-18-10)15-12(22)11(21)9(24-15)5-23-4/h6-9,11-12,15,21-22H,5H2,1-4H3/t9-,11-,12-,15-/m1/s1. The number of aliphatic hydroxyl groups is 2. The molecule has 0 unspecified atom stereocenters. The fourth-order valence-corrected chi connectivity index (χ4v) is 2.79. The van der Waals surface area contributed by atoms with Gasteiger partial charge >= 0.3 is 0 Å². The summed E-state index contributed by atoms with van der Waals surface area (Å²) in [5, 5.41) is 20.4. The number of methoxy groups -OCH3 is 1. The molecule has 0 aromatic carbocycles. The van der Waals surface area contributed by atoms with E-state index in [-0.39, 0.29) is 12.6 Å². The minimum atomic E-state index is -1.09. The fourth-order valence-electron chi connectivity index (χ4n) is 2.79. The number of nitrogens with zero attached hydrogens (tertiary/aromatic N) is 5. The average Bonchev–Trinajstić information content (AvgIpc) is 3.10. The van der Waals surface area contributed by atoms with Gasteiger partial charge in [-0.25, -0.2) is 15.0 Å². The van der Waals surface area contributed by atoms with E-state index in [9.17, 15) is 10.2 Å². The van der Waals surface area contributed by atoms with Crippen LogP contribution in [-0.4, -0.2) is 74.9 Å². The molecule has 2 aromatic heterocycles. The first-order chi connectivity index (χ1) is 11.5. The Morgan fingerprint density at radius 3 is 2.71 bits per heavy atom. The molecule has 3 heterocycles. The van der Waals surface area contributed by atoms with Gasteiger partial charge in [0.2, 0.25) is 0 Å². The predicted octanol–water partition coefficient (Wildman–Crippen LogP) is -0.0635. The number of fused-ring (bicyclic) bond motifs is 1. The first kappa shape index (κ1) is 17.0. The highest BCUT2D eigenvalue weighted by atomic mass is 16.6. The molecule has 2 aromatic rings. The summed E-state index contributed by atoms with van der Waals surface area (Å²) < 4.78 is 12.4. The topological polar surface area (TPSA) is 106 Å². The van der Waals surface area contributed by atoms with Crippen molar-refractivity contribution in [2.24, 2.45) is 0 Å². The SMILES string of the molecule is COC[C@H]1O[C@@H](n2cnc3c(N(C)C(C)C)ncnc32)[C@H](O)[C@@H]1O. The fraction of sp³-hybridized carbons (Fsp3) is 0.667. The van der Waals surface area contributed by atoms with E-state index in [1.54, 1.807) is 10.9 Å². The smallest absolute Gasteiger partial charge is 0.167 e. The normalized spacial score (nSPS) is 27.3. The molecule has 0 radical (unpaired) electrons. The second-order valence-corrected chi connectivity index (χ2v) is 6.23. The van der Waals surface area contributed by atoms with Gasteiger partial charge in [-0.3, -0.25) is 4.57 Å². The zero-order valence-corrected chi connectivity index (χ0v) is 14.2. The summed E-state index contributed by atoms with van der Waals surface area (Å²) in [6.07, 6.45) is -0.508. The summed E-state index contributed by atoms with van der Waals surface area (Å²) in [4.78, 5) is 15.0. The molecule has 1 saturated heterocycles. The molecule has 132 valence electrons. The van der Waals surface area contributed by atoms with E-state index in [0.717, 1.165) is 0 Å². The van der Waals surface area contributed by atoms with E-state index in [1.165, 1.54) is 13.4 Å². The van der Waals surface area contributed by atoms with Gasteiger partial charge in [-0.1, -0.05) is 0 Å². The van der Waals surface area contributed by atoms with Gasteiger partial charge in [0.25, 0.3) is 0 Å². The van der Waals surface area contributed by atoms with Gasteiger partial charge < -0.3 is 24.6 Å². The Morgan fingerprint density at radius 2 is 2.04 bits per heavy atom. The zero-order chi connectivity index (χ0) is 17.4. The summed E-state index contributed by atoms with van der Waals surface area (Å²) >= 11 is 0.